The van der Waals surface area contributed by atoms with Crippen LogP contribution < -0.4 is 9.67 Å². The molecule has 3 rings (SSSR count). The van der Waals surface area contributed by atoms with E-state index in [2.05, 4.69) is 4.99 Å². The lowest BCUT2D eigenvalue weighted by Gasteiger charge is -2.06. The van der Waals surface area contributed by atoms with E-state index in [1.807, 2.05) is 22.2 Å². The van der Waals surface area contributed by atoms with Gasteiger partial charge in [-0.25, -0.2) is 0 Å². The van der Waals surface area contributed by atoms with Crippen LogP contribution in [0.2, 0.25) is 10.0 Å². The van der Waals surface area contributed by atoms with Gasteiger partial charge < -0.3 is 4.57 Å². The van der Waals surface area contributed by atoms with Crippen LogP contribution in [0.25, 0.3) is 0 Å². The van der Waals surface area contributed by atoms with E-state index >= 15 is 0 Å². The minimum atomic E-state index is -0.373. The van der Waals surface area contributed by atoms with Gasteiger partial charge in [0.25, 0.3) is 5.91 Å². The lowest BCUT2D eigenvalue weighted by atomic mass is 10.2. The highest BCUT2D eigenvalue weighted by molar-refractivity contribution is 7.07. The van der Waals surface area contributed by atoms with Gasteiger partial charge in [-0.2, -0.15) is 4.99 Å². The first-order valence-corrected chi connectivity index (χ1v) is 9.76. The number of benzene rings is 1. The highest BCUT2D eigenvalue weighted by Crippen LogP contribution is 2.21. The van der Waals surface area contributed by atoms with E-state index in [4.69, 9.17) is 23.2 Å². The van der Waals surface area contributed by atoms with Gasteiger partial charge in [0, 0.05) is 32.7 Å². The number of hydrogen-bond donors (Lipinski definition) is 0. The average Bonchev–Trinajstić information content (AvgIpc) is 3.11. The van der Waals surface area contributed by atoms with Crippen molar-refractivity contribution in [2.24, 2.45) is 4.99 Å². The van der Waals surface area contributed by atoms with Crippen LogP contribution >= 0.6 is 45.9 Å². The van der Waals surface area contributed by atoms with Crippen molar-refractivity contribution in [3.63, 3.8) is 0 Å². The minimum Gasteiger partial charge on any atom is -0.319 e. The molecular weight excluding hydrogens is 401 g/mol. The molecule has 0 bridgehead atoms. The summed E-state index contributed by atoms with van der Waals surface area (Å²) >= 11 is 14.5. The summed E-state index contributed by atoms with van der Waals surface area (Å²) in [6.45, 7) is 2.20. The molecule has 9 heteroatoms. The van der Waals surface area contributed by atoms with Crippen LogP contribution in [0.1, 0.15) is 11.3 Å². The molecule has 2 heterocycles. The van der Waals surface area contributed by atoms with Crippen molar-refractivity contribution in [1.82, 2.24) is 9.13 Å². The second-order valence-corrected chi connectivity index (χ2v) is 7.82. The summed E-state index contributed by atoms with van der Waals surface area (Å²) in [6, 6.07) is 5.29. The Kier molecular flexibility index (Phi) is 5.58. The van der Waals surface area contributed by atoms with Crippen molar-refractivity contribution in [3.8, 4) is 0 Å². The number of nitrogens with zero attached hydrogens (tertiary/aromatic N) is 3. The monoisotopic (exact) mass is 413 g/mol. The Morgan fingerprint density at radius 1 is 1.28 bits per heavy atom. The summed E-state index contributed by atoms with van der Waals surface area (Å²) < 4.78 is 3.26. The largest absolute Gasteiger partial charge is 0.319 e. The number of thiazole rings is 2. The number of aryl methyl sites for hydroxylation is 1. The molecule has 0 radical (unpaired) electrons. The number of hydrogen-bond acceptors (Lipinski definition) is 4. The first kappa shape index (κ1) is 18.1. The number of carbonyl (C=O) groups is 1. The van der Waals surface area contributed by atoms with Gasteiger partial charge in [0.05, 0.1) is 6.54 Å². The van der Waals surface area contributed by atoms with E-state index in [-0.39, 0.29) is 17.3 Å². The van der Waals surface area contributed by atoms with Gasteiger partial charge in [0.2, 0.25) is 0 Å². The molecule has 0 fully saturated rings. The molecule has 1 amide bonds. The molecular formula is C16H13Cl2N3O2S2. The van der Waals surface area contributed by atoms with Crippen molar-refractivity contribution in [2.75, 3.05) is 0 Å². The van der Waals surface area contributed by atoms with Gasteiger partial charge in [-0.05, 0) is 24.6 Å². The van der Waals surface area contributed by atoms with Gasteiger partial charge in [0.15, 0.2) is 4.80 Å². The van der Waals surface area contributed by atoms with Crippen LogP contribution in [0, 0.1) is 6.92 Å². The predicted molar refractivity (Wildman–Crippen MR) is 102 cm³/mol. The number of aromatic nitrogens is 2. The van der Waals surface area contributed by atoms with Crippen LogP contribution in [0.5, 0.6) is 0 Å². The summed E-state index contributed by atoms with van der Waals surface area (Å²) in [6.07, 6.45) is 1.84. The van der Waals surface area contributed by atoms with Crippen LogP contribution in [0.4, 0.5) is 0 Å². The Hall–Kier alpha value is -1.67. The first-order valence-electron chi connectivity index (χ1n) is 7.24. The Bertz CT molecular complexity index is 1050. The molecule has 0 saturated heterocycles. The highest BCUT2D eigenvalue weighted by Gasteiger charge is 2.09. The fourth-order valence-corrected chi connectivity index (χ4v) is 4.16. The maximum atomic E-state index is 12.2. The molecule has 1 aromatic carbocycles. The van der Waals surface area contributed by atoms with E-state index < -0.39 is 0 Å². The molecule has 0 spiro atoms. The summed E-state index contributed by atoms with van der Waals surface area (Å²) in [5, 5.41) is 4.70. The van der Waals surface area contributed by atoms with Crippen molar-refractivity contribution in [2.45, 2.75) is 20.0 Å². The highest BCUT2D eigenvalue weighted by atomic mass is 35.5. The molecule has 25 heavy (non-hydrogen) atoms. The molecule has 0 aliphatic carbocycles. The standard InChI is InChI=1S/C16H13Cl2N3O2S2/c1-10-9-25-16(23)21(10)8-14(22)19-15-20(4-5-24-15)7-11-2-3-12(17)6-13(11)18/h2-6,9H,7-8H2,1H3. The molecule has 0 aliphatic heterocycles. The lowest BCUT2D eigenvalue weighted by molar-refractivity contribution is -0.118. The number of amides is 1. The maximum Gasteiger partial charge on any atom is 0.307 e. The van der Waals surface area contributed by atoms with E-state index in [9.17, 15) is 9.59 Å². The first-order chi connectivity index (χ1) is 11.9. The van der Waals surface area contributed by atoms with Gasteiger partial charge >= 0.3 is 4.87 Å². The summed E-state index contributed by atoms with van der Waals surface area (Å²) in [7, 11) is 0. The van der Waals surface area contributed by atoms with Crippen LogP contribution in [-0.4, -0.2) is 15.0 Å². The molecule has 130 valence electrons. The van der Waals surface area contributed by atoms with Gasteiger partial charge in [0.1, 0.15) is 6.54 Å². The third-order valence-corrected chi connectivity index (χ3v) is 5.77. The minimum absolute atomic E-state index is 0.0617. The van der Waals surface area contributed by atoms with E-state index in [1.165, 1.54) is 15.9 Å². The molecule has 0 unspecified atom stereocenters. The van der Waals surface area contributed by atoms with Crippen molar-refractivity contribution in [3.05, 3.63) is 70.9 Å². The van der Waals surface area contributed by atoms with Crippen molar-refractivity contribution in [1.29, 1.82) is 0 Å². The molecule has 0 N–H and O–H groups in total. The molecule has 0 saturated carbocycles. The van der Waals surface area contributed by atoms with Crippen molar-refractivity contribution < 1.29 is 4.79 Å². The summed E-state index contributed by atoms with van der Waals surface area (Å²) in [5.74, 6) is -0.373. The number of carbonyl (C=O) groups excluding carboxylic acids is 1. The van der Waals surface area contributed by atoms with E-state index in [0.29, 0.717) is 21.4 Å². The van der Waals surface area contributed by atoms with Gasteiger partial charge in [-0.15, -0.1) is 11.3 Å². The zero-order valence-corrected chi connectivity index (χ0v) is 16.3. The van der Waals surface area contributed by atoms with Crippen LogP contribution in [0.15, 0.2) is 44.9 Å². The Labute approximate surface area is 161 Å². The summed E-state index contributed by atoms with van der Waals surface area (Å²) in [5.41, 5.74) is 1.63. The topological polar surface area (TPSA) is 56.4 Å². The van der Waals surface area contributed by atoms with Crippen LogP contribution in [0.3, 0.4) is 0 Å². The SMILES string of the molecule is Cc1csc(=O)n1CC(=O)N=c1sccn1Cc1ccc(Cl)cc1Cl. The number of halogens is 2. The fourth-order valence-electron chi connectivity index (χ4n) is 2.21. The van der Waals surface area contributed by atoms with E-state index in [0.717, 1.165) is 22.6 Å². The molecule has 0 atom stereocenters. The predicted octanol–water partition coefficient (Wildman–Crippen LogP) is 3.56. The van der Waals surface area contributed by atoms with Gasteiger partial charge in [-0.1, -0.05) is 40.6 Å². The lowest BCUT2D eigenvalue weighted by Crippen LogP contribution is -2.23. The Morgan fingerprint density at radius 2 is 2.08 bits per heavy atom. The zero-order valence-electron chi connectivity index (χ0n) is 13.1. The molecule has 2 aromatic heterocycles. The Morgan fingerprint density at radius 3 is 2.76 bits per heavy atom. The smallest absolute Gasteiger partial charge is 0.307 e. The molecule has 5 nitrogen and oxygen atoms in total. The maximum absolute atomic E-state index is 12.2. The Balaban J connectivity index is 1.84. The number of rotatable bonds is 4. The van der Waals surface area contributed by atoms with Crippen molar-refractivity contribution >= 4 is 51.8 Å². The molecule has 3 aromatic rings. The fraction of sp³-hybridized carbons (Fsp3) is 0.188. The second-order valence-electron chi connectivity index (χ2n) is 5.28. The second kappa shape index (κ2) is 7.70. The third-order valence-electron chi connectivity index (χ3n) is 3.51. The van der Waals surface area contributed by atoms with Crippen LogP contribution in [-0.2, 0) is 17.9 Å². The van der Waals surface area contributed by atoms with Gasteiger partial charge in [-0.3, -0.25) is 14.2 Å². The summed E-state index contributed by atoms with van der Waals surface area (Å²) in [4.78, 5) is 28.5. The van der Waals surface area contributed by atoms with E-state index in [1.54, 1.807) is 24.4 Å². The molecule has 0 aliphatic rings. The third kappa shape index (κ3) is 4.30. The normalized spacial score (nSPS) is 11.9. The average molecular weight is 414 g/mol. The zero-order chi connectivity index (χ0) is 18.0. The quantitative estimate of drug-likeness (QED) is 0.656.